The second-order valence-corrected chi connectivity index (χ2v) is 5.76. The zero-order valence-corrected chi connectivity index (χ0v) is 10.7. The Bertz CT molecular complexity index is 227. The van der Waals surface area contributed by atoms with E-state index in [0.717, 1.165) is 45.7 Å². The lowest BCUT2D eigenvalue weighted by Gasteiger charge is -2.38. The number of piperidine rings is 1. The van der Waals surface area contributed by atoms with Crippen LogP contribution in [0.15, 0.2) is 0 Å². The van der Waals surface area contributed by atoms with Crippen LogP contribution in [0, 0.1) is 11.3 Å². The van der Waals surface area contributed by atoms with Gasteiger partial charge in [-0.15, -0.1) is 0 Å². The predicted molar refractivity (Wildman–Crippen MR) is 67.8 cm³/mol. The van der Waals surface area contributed by atoms with Crippen LogP contribution in [0.1, 0.15) is 25.7 Å². The van der Waals surface area contributed by atoms with Crippen molar-refractivity contribution in [3.05, 3.63) is 0 Å². The van der Waals surface area contributed by atoms with Crippen molar-refractivity contribution in [2.75, 3.05) is 46.0 Å². The summed E-state index contributed by atoms with van der Waals surface area (Å²) in [6, 6.07) is 0. The first-order valence-electron chi connectivity index (χ1n) is 6.89. The summed E-state index contributed by atoms with van der Waals surface area (Å²) in [6.45, 7) is 6.13. The van der Waals surface area contributed by atoms with Gasteiger partial charge >= 0.3 is 0 Å². The minimum atomic E-state index is 0.196. The number of aliphatic hydroxyl groups excluding tert-OH is 1. The van der Waals surface area contributed by atoms with Crippen LogP contribution in [-0.2, 0) is 4.74 Å². The van der Waals surface area contributed by atoms with E-state index in [1.54, 1.807) is 0 Å². The molecule has 2 aliphatic heterocycles. The fourth-order valence-electron chi connectivity index (χ4n) is 3.19. The van der Waals surface area contributed by atoms with Crippen molar-refractivity contribution < 1.29 is 9.84 Å². The molecule has 0 aliphatic carbocycles. The molecule has 0 radical (unpaired) electrons. The molecule has 2 saturated heterocycles. The molecule has 0 aromatic rings. The van der Waals surface area contributed by atoms with Crippen LogP contribution in [0.3, 0.4) is 0 Å². The summed E-state index contributed by atoms with van der Waals surface area (Å²) in [5.41, 5.74) is 6.13. The summed E-state index contributed by atoms with van der Waals surface area (Å²) in [5.74, 6) is 0.672. The first-order valence-corrected chi connectivity index (χ1v) is 6.89. The molecule has 0 aromatic heterocycles. The molecular formula is C13H26N2O2. The van der Waals surface area contributed by atoms with E-state index in [1.807, 2.05) is 0 Å². The Hall–Kier alpha value is -0.160. The molecule has 2 fully saturated rings. The Morgan fingerprint density at radius 2 is 2.35 bits per heavy atom. The van der Waals surface area contributed by atoms with Gasteiger partial charge in [-0.3, -0.25) is 0 Å². The van der Waals surface area contributed by atoms with E-state index in [0.29, 0.717) is 12.5 Å². The van der Waals surface area contributed by atoms with Crippen molar-refractivity contribution in [2.24, 2.45) is 17.1 Å². The molecule has 0 bridgehead atoms. The molecule has 0 saturated carbocycles. The van der Waals surface area contributed by atoms with Crippen molar-refractivity contribution in [3.8, 4) is 0 Å². The maximum atomic E-state index is 9.03. The van der Waals surface area contributed by atoms with Gasteiger partial charge < -0.3 is 20.5 Å². The summed E-state index contributed by atoms with van der Waals surface area (Å²) in [7, 11) is 0. The lowest BCUT2D eigenvalue weighted by Crippen LogP contribution is -2.46. The largest absolute Gasteiger partial charge is 0.396 e. The van der Waals surface area contributed by atoms with Crippen LogP contribution in [-0.4, -0.2) is 56.0 Å². The average molecular weight is 242 g/mol. The van der Waals surface area contributed by atoms with Gasteiger partial charge in [0.2, 0.25) is 0 Å². The van der Waals surface area contributed by atoms with E-state index >= 15 is 0 Å². The highest BCUT2D eigenvalue weighted by Crippen LogP contribution is 2.30. The van der Waals surface area contributed by atoms with E-state index in [9.17, 15) is 0 Å². The molecule has 100 valence electrons. The Morgan fingerprint density at radius 3 is 3.00 bits per heavy atom. The molecule has 0 amide bonds. The van der Waals surface area contributed by atoms with Gasteiger partial charge in [0.15, 0.2) is 0 Å². The first kappa shape index (κ1) is 13.3. The van der Waals surface area contributed by atoms with E-state index in [2.05, 4.69) is 4.90 Å². The van der Waals surface area contributed by atoms with E-state index in [-0.39, 0.29) is 5.41 Å². The number of likely N-dealkylation sites (tertiary alicyclic amines) is 1. The van der Waals surface area contributed by atoms with Gasteiger partial charge in [-0.05, 0) is 38.1 Å². The second kappa shape index (κ2) is 6.14. The Kier molecular flexibility index (Phi) is 4.79. The third-order valence-corrected chi connectivity index (χ3v) is 4.32. The molecule has 0 aromatic carbocycles. The van der Waals surface area contributed by atoms with Crippen LogP contribution in [0.25, 0.3) is 0 Å². The Balaban J connectivity index is 1.85. The topological polar surface area (TPSA) is 58.7 Å². The van der Waals surface area contributed by atoms with Crippen molar-refractivity contribution in [1.29, 1.82) is 0 Å². The van der Waals surface area contributed by atoms with Crippen molar-refractivity contribution >= 4 is 0 Å². The minimum Gasteiger partial charge on any atom is -0.396 e. The number of nitrogens with zero attached hydrogens (tertiary/aromatic N) is 1. The Morgan fingerprint density at radius 1 is 1.47 bits per heavy atom. The van der Waals surface area contributed by atoms with Gasteiger partial charge in [0.25, 0.3) is 0 Å². The fourth-order valence-corrected chi connectivity index (χ4v) is 3.19. The van der Waals surface area contributed by atoms with Gasteiger partial charge in [0.1, 0.15) is 0 Å². The molecule has 2 heterocycles. The maximum absolute atomic E-state index is 9.03. The number of hydrogen-bond donors (Lipinski definition) is 2. The molecule has 4 nitrogen and oxygen atoms in total. The lowest BCUT2D eigenvalue weighted by molar-refractivity contribution is 0.0810. The predicted octanol–water partition coefficient (Wildman–Crippen LogP) is 0.446. The average Bonchev–Trinajstić information content (AvgIpc) is 2.79. The number of ether oxygens (including phenoxy) is 1. The van der Waals surface area contributed by atoms with Crippen LogP contribution in [0.4, 0.5) is 0 Å². The molecule has 3 N–H and O–H groups in total. The Labute approximate surface area is 104 Å². The van der Waals surface area contributed by atoms with Gasteiger partial charge in [0.05, 0.1) is 6.61 Å². The quantitative estimate of drug-likeness (QED) is 0.735. The third kappa shape index (κ3) is 3.41. The SMILES string of the molecule is NCC1(CN2CCCC(CCO)C2)CCOC1. The smallest absolute Gasteiger partial charge is 0.0547 e. The number of rotatable bonds is 5. The lowest BCUT2D eigenvalue weighted by atomic mass is 9.85. The number of hydrogen-bond acceptors (Lipinski definition) is 4. The molecule has 4 heteroatoms. The van der Waals surface area contributed by atoms with Crippen molar-refractivity contribution in [1.82, 2.24) is 4.90 Å². The van der Waals surface area contributed by atoms with Gasteiger partial charge in [-0.2, -0.15) is 0 Å². The normalized spacial score (nSPS) is 35.3. The zero-order chi connectivity index (χ0) is 12.1. The first-order chi connectivity index (χ1) is 8.28. The highest BCUT2D eigenvalue weighted by atomic mass is 16.5. The van der Waals surface area contributed by atoms with Crippen LogP contribution in [0.2, 0.25) is 0 Å². The molecule has 2 atom stereocenters. The summed E-state index contributed by atoms with van der Waals surface area (Å²) >= 11 is 0. The van der Waals surface area contributed by atoms with Crippen molar-refractivity contribution in [2.45, 2.75) is 25.7 Å². The van der Waals surface area contributed by atoms with E-state index < -0.39 is 0 Å². The van der Waals surface area contributed by atoms with Gasteiger partial charge in [0, 0.05) is 38.3 Å². The molecular weight excluding hydrogens is 216 g/mol. The van der Waals surface area contributed by atoms with E-state index in [4.69, 9.17) is 15.6 Å². The summed E-state index contributed by atoms with van der Waals surface area (Å²) < 4.78 is 5.52. The minimum absolute atomic E-state index is 0.196. The van der Waals surface area contributed by atoms with Crippen LogP contribution < -0.4 is 5.73 Å². The molecule has 17 heavy (non-hydrogen) atoms. The standard InChI is InChI=1S/C13H26N2O2/c14-9-13(4-7-17-11-13)10-15-5-1-2-12(8-15)3-6-16/h12,16H,1-11,14H2. The second-order valence-electron chi connectivity index (χ2n) is 5.76. The highest BCUT2D eigenvalue weighted by molar-refractivity contribution is 4.88. The summed E-state index contributed by atoms with van der Waals surface area (Å²) in [6.07, 6.45) is 4.57. The summed E-state index contributed by atoms with van der Waals surface area (Å²) in [4.78, 5) is 2.53. The fraction of sp³-hybridized carbons (Fsp3) is 1.00. The molecule has 2 aliphatic rings. The van der Waals surface area contributed by atoms with Crippen LogP contribution in [0.5, 0.6) is 0 Å². The van der Waals surface area contributed by atoms with E-state index in [1.165, 1.54) is 19.4 Å². The summed E-state index contributed by atoms with van der Waals surface area (Å²) in [5, 5.41) is 9.03. The number of nitrogens with two attached hydrogens (primary N) is 1. The third-order valence-electron chi connectivity index (χ3n) is 4.32. The maximum Gasteiger partial charge on any atom is 0.0547 e. The highest BCUT2D eigenvalue weighted by Gasteiger charge is 2.36. The monoisotopic (exact) mass is 242 g/mol. The molecule has 2 unspecified atom stereocenters. The number of aliphatic hydroxyl groups is 1. The van der Waals surface area contributed by atoms with Gasteiger partial charge in [-0.25, -0.2) is 0 Å². The zero-order valence-electron chi connectivity index (χ0n) is 10.7. The van der Waals surface area contributed by atoms with Crippen LogP contribution >= 0.6 is 0 Å². The molecule has 2 rings (SSSR count). The van der Waals surface area contributed by atoms with Gasteiger partial charge in [-0.1, -0.05) is 0 Å². The van der Waals surface area contributed by atoms with Crippen molar-refractivity contribution in [3.63, 3.8) is 0 Å². The molecule has 0 spiro atoms.